The third-order valence-electron chi connectivity index (χ3n) is 3.28. The summed E-state index contributed by atoms with van der Waals surface area (Å²) >= 11 is 0. The van der Waals surface area contributed by atoms with E-state index in [1.165, 1.54) is 12.1 Å². The van der Waals surface area contributed by atoms with Gasteiger partial charge in [0.05, 0.1) is 0 Å². The van der Waals surface area contributed by atoms with Crippen LogP contribution in [-0.2, 0) is 11.6 Å². The Morgan fingerprint density at radius 2 is 1.68 bits per heavy atom. The molecule has 2 rings (SSSR count). The highest BCUT2D eigenvalue weighted by Crippen LogP contribution is 2.32. The number of pyridine rings is 1. The molecule has 1 heterocycles. The summed E-state index contributed by atoms with van der Waals surface area (Å²) < 4.78 is 43.6. The highest BCUT2D eigenvalue weighted by Gasteiger charge is 2.32. The molecule has 0 amide bonds. The number of benzene rings is 1. The molecule has 118 valence electrons. The molecule has 0 bridgehead atoms. The molecule has 0 saturated heterocycles. The second kappa shape index (κ2) is 5.63. The van der Waals surface area contributed by atoms with Gasteiger partial charge in [-0.05, 0) is 35.6 Å². The first kappa shape index (κ1) is 16.3. The number of halogens is 3. The summed E-state index contributed by atoms with van der Waals surface area (Å²) in [5.74, 6) is 0.447. The van der Waals surface area contributed by atoms with Gasteiger partial charge in [0.25, 0.3) is 0 Å². The van der Waals surface area contributed by atoms with E-state index in [-0.39, 0.29) is 11.3 Å². The van der Waals surface area contributed by atoms with Crippen LogP contribution in [0.25, 0.3) is 0 Å². The number of aryl methyl sites for hydroxylation is 1. The topological polar surface area (TPSA) is 22.1 Å². The minimum absolute atomic E-state index is 0.0658. The van der Waals surface area contributed by atoms with Crippen LogP contribution in [0.3, 0.4) is 0 Å². The third-order valence-corrected chi connectivity index (χ3v) is 3.28. The lowest BCUT2D eigenvalue weighted by Gasteiger charge is -2.20. The molecule has 0 saturated carbocycles. The molecule has 0 N–H and O–H groups in total. The standard InChI is InChI=1S/C17H18F3NO/c1-11-8-9-12(16(2,3)4)10-13(11)22-15-7-5-6-14(21-15)17(18,19)20/h5-10H,1-4H3. The maximum absolute atomic E-state index is 12.7. The van der Waals surface area contributed by atoms with Gasteiger partial charge in [0.1, 0.15) is 11.4 Å². The van der Waals surface area contributed by atoms with E-state index in [2.05, 4.69) is 25.8 Å². The minimum Gasteiger partial charge on any atom is -0.439 e. The average Bonchev–Trinajstić information content (AvgIpc) is 2.39. The van der Waals surface area contributed by atoms with Gasteiger partial charge < -0.3 is 4.74 Å². The van der Waals surface area contributed by atoms with Crippen LogP contribution in [0.2, 0.25) is 0 Å². The van der Waals surface area contributed by atoms with E-state index in [1.807, 2.05) is 25.1 Å². The molecule has 0 atom stereocenters. The summed E-state index contributed by atoms with van der Waals surface area (Å²) in [7, 11) is 0. The summed E-state index contributed by atoms with van der Waals surface area (Å²) in [6, 6.07) is 9.35. The summed E-state index contributed by atoms with van der Waals surface area (Å²) in [6.07, 6.45) is -4.48. The molecule has 1 aromatic heterocycles. The molecule has 22 heavy (non-hydrogen) atoms. The van der Waals surface area contributed by atoms with Crippen LogP contribution in [0, 0.1) is 6.92 Å². The minimum atomic E-state index is -4.48. The molecule has 0 fully saturated rings. The number of hydrogen-bond donors (Lipinski definition) is 0. The van der Waals surface area contributed by atoms with Crippen LogP contribution in [0.1, 0.15) is 37.6 Å². The number of nitrogens with zero attached hydrogens (tertiary/aromatic N) is 1. The van der Waals surface area contributed by atoms with Gasteiger partial charge in [0.2, 0.25) is 5.88 Å². The molecule has 0 unspecified atom stereocenters. The number of aromatic nitrogens is 1. The molecule has 0 aliphatic carbocycles. The van der Waals surface area contributed by atoms with E-state index in [0.29, 0.717) is 5.75 Å². The Hall–Kier alpha value is -2.04. The Bertz CT molecular complexity index is 672. The van der Waals surface area contributed by atoms with Gasteiger partial charge in [-0.1, -0.05) is 39.0 Å². The first-order chi connectivity index (χ1) is 10.1. The molecular weight excluding hydrogens is 291 g/mol. The molecule has 0 radical (unpaired) electrons. The van der Waals surface area contributed by atoms with E-state index in [0.717, 1.165) is 17.2 Å². The van der Waals surface area contributed by atoms with Crippen molar-refractivity contribution in [1.29, 1.82) is 0 Å². The zero-order valence-electron chi connectivity index (χ0n) is 13.0. The lowest BCUT2D eigenvalue weighted by Crippen LogP contribution is -2.11. The highest BCUT2D eigenvalue weighted by atomic mass is 19.4. The Kier molecular flexibility index (Phi) is 4.18. The lowest BCUT2D eigenvalue weighted by molar-refractivity contribution is -0.141. The lowest BCUT2D eigenvalue weighted by atomic mass is 9.86. The molecule has 0 spiro atoms. The van der Waals surface area contributed by atoms with Crippen molar-refractivity contribution in [3.05, 3.63) is 53.2 Å². The normalized spacial score (nSPS) is 12.3. The number of rotatable bonds is 2. The fraction of sp³-hybridized carbons (Fsp3) is 0.353. The molecule has 2 aromatic rings. The van der Waals surface area contributed by atoms with E-state index in [9.17, 15) is 13.2 Å². The molecule has 5 heteroatoms. The van der Waals surface area contributed by atoms with Gasteiger partial charge >= 0.3 is 6.18 Å². The van der Waals surface area contributed by atoms with Gasteiger partial charge in [-0.15, -0.1) is 0 Å². The number of hydrogen-bond acceptors (Lipinski definition) is 2. The summed E-state index contributed by atoms with van der Waals surface area (Å²) in [4.78, 5) is 3.53. The molecule has 2 nitrogen and oxygen atoms in total. The summed E-state index contributed by atoms with van der Waals surface area (Å²) in [5.41, 5.74) is 0.842. The second-order valence-corrected chi connectivity index (χ2v) is 6.19. The second-order valence-electron chi connectivity index (χ2n) is 6.19. The Balaban J connectivity index is 2.35. The molecular formula is C17H18F3NO. The fourth-order valence-electron chi connectivity index (χ4n) is 1.92. The Morgan fingerprint density at radius 3 is 2.27 bits per heavy atom. The van der Waals surface area contributed by atoms with E-state index in [1.54, 1.807) is 0 Å². The van der Waals surface area contributed by atoms with Crippen LogP contribution in [0.15, 0.2) is 36.4 Å². The number of alkyl halides is 3. The van der Waals surface area contributed by atoms with Crippen molar-refractivity contribution >= 4 is 0 Å². The fourth-order valence-corrected chi connectivity index (χ4v) is 1.92. The van der Waals surface area contributed by atoms with Crippen molar-refractivity contribution in [2.24, 2.45) is 0 Å². The van der Waals surface area contributed by atoms with Crippen molar-refractivity contribution < 1.29 is 17.9 Å². The van der Waals surface area contributed by atoms with E-state index in [4.69, 9.17) is 4.74 Å². The largest absolute Gasteiger partial charge is 0.439 e. The first-order valence-corrected chi connectivity index (χ1v) is 6.90. The SMILES string of the molecule is Cc1ccc(C(C)(C)C)cc1Oc1cccc(C(F)(F)F)n1. The molecule has 1 aromatic carbocycles. The molecule has 0 aliphatic rings. The van der Waals surface area contributed by atoms with E-state index < -0.39 is 11.9 Å². The smallest absolute Gasteiger partial charge is 0.433 e. The third kappa shape index (κ3) is 3.78. The van der Waals surface area contributed by atoms with Gasteiger partial charge in [0.15, 0.2) is 0 Å². The first-order valence-electron chi connectivity index (χ1n) is 6.90. The zero-order valence-corrected chi connectivity index (χ0v) is 13.0. The Morgan fingerprint density at radius 1 is 1.00 bits per heavy atom. The maximum atomic E-state index is 12.7. The van der Waals surface area contributed by atoms with E-state index >= 15 is 0 Å². The predicted molar refractivity (Wildman–Crippen MR) is 79.2 cm³/mol. The van der Waals surface area contributed by atoms with Gasteiger partial charge in [-0.3, -0.25) is 0 Å². The van der Waals surface area contributed by atoms with Crippen LogP contribution < -0.4 is 4.74 Å². The molecule has 0 aliphatic heterocycles. The van der Waals surface area contributed by atoms with Crippen molar-refractivity contribution in [1.82, 2.24) is 4.98 Å². The van der Waals surface area contributed by atoms with Gasteiger partial charge in [0, 0.05) is 6.07 Å². The van der Waals surface area contributed by atoms with Crippen molar-refractivity contribution in [3.63, 3.8) is 0 Å². The zero-order chi connectivity index (χ0) is 16.5. The van der Waals surface area contributed by atoms with Gasteiger partial charge in [-0.2, -0.15) is 13.2 Å². The van der Waals surface area contributed by atoms with Crippen molar-refractivity contribution in [3.8, 4) is 11.6 Å². The van der Waals surface area contributed by atoms with Crippen molar-refractivity contribution in [2.75, 3.05) is 0 Å². The summed E-state index contributed by atoms with van der Waals surface area (Å²) in [6.45, 7) is 8.02. The Labute approximate surface area is 128 Å². The monoisotopic (exact) mass is 309 g/mol. The quantitative estimate of drug-likeness (QED) is 0.731. The van der Waals surface area contributed by atoms with Crippen LogP contribution in [0.5, 0.6) is 11.6 Å². The van der Waals surface area contributed by atoms with Crippen LogP contribution in [0.4, 0.5) is 13.2 Å². The van der Waals surface area contributed by atoms with Crippen LogP contribution in [-0.4, -0.2) is 4.98 Å². The average molecular weight is 309 g/mol. The van der Waals surface area contributed by atoms with Crippen molar-refractivity contribution in [2.45, 2.75) is 39.3 Å². The van der Waals surface area contributed by atoms with Crippen LogP contribution >= 0.6 is 0 Å². The van der Waals surface area contributed by atoms with Gasteiger partial charge in [-0.25, -0.2) is 4.98 Å². The summed E-state index contributed by atoms with van der Waals surface area (Å²) in [5, 5.41) is 0. The predicted octanol–water partition coefficient (Wildman–Crippen LogP) is 5.50. The maximum Gasteiger partial charge on any atom is 0.433 e. The highest BCUT2D eigenvalue weighted by molar-refractivity contribution is 5.41. The number of ether oxygens (including phenoxy) is 1.